The van der Waals surface area contributed by atoms with Gasteiger partial charge >= 0.3 is 5.97 Å². The fourth-order valence-electron chi connectivity index (χ4n) is 3.00. The number of carbonyl (C=O) groups is 2. The Kier molecular flexibility index (Phi) is 3.55. The summed E-state index contributed by atoms with van der Waals surface area (Å²) in [5.41, 5.74) is 0.118. The van der Waals surface area contributed by atoms with Crippen LogP contribution in [0.25, 0.3) is 11.5 Å². The van der Waals surface area contributed by atoms with Gasteiger partial charge in [-0.15, -0.1) is 10.2 Å². The molecule has 1 aromatic carbocycles. The molecule has 0 radical (unpaired) electrons. The summed E-state index contributed by atoms with van der Waals surface area (Å²) < 4.78 is 5.28. The molecule has 3 rings (SSSR count). The van der Waals surface area contributed by atoms with Crippen LogP contribution in [0.5, 0.6) is 5.75 Å². The van der Waals surface area contributed by atoms with Crippen molar-refractivity contribution in [2.75, 3.05) is 5.32 Å². The molecule has 8 heteroatoms. The average molecular weight is 331 g/mol. The molecular formula is C16H17N3O5. The van der Waals surface area contributed by atoms with Gasteiger partial charge < -0.3 is 19.9 Å². The summed E-state index contributed by atoms with van der Waals surface area (Å²) in [5.74, 6) is -2.23. The fraction of sp³-hybridized carbons (Fsp3) is 0.375. The molecule has 8 nitrogen and oxygen atoms in total. The monoisotopic (exact) mass is 331 g/mol. The molecule has 2 atom stereocenters. The molecule has 1 fully saturated rings. The van der Waals surface area contributed by atoms with Gasteiger partial charge in [0, 0.05) is 12.6 Å². The number of aromatic nitrogens is 2. The predicted molar refractivity (Wildman–Crippen MR) is 83.2 cm³/mol. The Morgan fingerprint density at radius 1 is 1.25 bits per heavy atom. The summed E-state index contributed by atoms with van der Waals surface area (Å²) in [4.78, 5) is 23.5. The topological polar surface area (TPSA) is 126 Å². The molecule has 1 heterocycles. The molecule has 126 valence electrons. The predicted octanol–water partition coefficient (Wildman–Crippen LogP) is 2.05. The summed E-state index contributed by atoms with van der Waals surface area (Å²) in [5, 5.41) is 29.3. The molecule has 1 aromatic heterocycles. The van der Waals surface area contributed by atoms with Crippen LogP contribution in [0.2, 0.25) is 0 Å². The molecule has 1 saturated carbocycles. The molecule has 1 aliphatic carbocycles. The number of benzene rings is 1. The number of phenols is 1. The van der Waals surface area contributed by atoms with E-state index in [1.54, 1.807) is 20.8 Å². The number of carboxylic acids is 1. The van der Waals surface area contributed by atoms with Crippen molar-refractivity contribution in [1.82, 2.24) is 10.2 Å². The van der Waals surface area contributed by atoms with E-state index in [0.29, 0.717) is 17.1 Å². The SMILES string of the molecule is Cc1nnc(-c2cc(NC(=O)C3C(C(=O)O)C3(C)C)ccc2O)o1. The van der Waals surface area contributed by atoms with Gasteiger partial charge in [-0.3, -0.25) is 9.59 Å². The molecular weight excluding hydrogens is 314 g/mol. The summed E-state index contributed by atoms with van der Waals surface area (Å²) in [6, 6.07) is 4.42. The first-order valence-electron chi connectivity index (χ1n) is 7.39. The molecule has 0 spiro atoms. The maximum atomic E-state index is 12.4. The second-order valence-corrected chi connectivity index (χ2v) is 6.46. The molecule has 3 N–H and O–H groups in total. The van der Waals surface area contributed by atoms with Crippen LogP contribution in [0.1, 0.15) is 19.7 Å². The lowest BCUT2D eigenvalue weighted by atomic mass is 10.1. The molecule has 0 bridgehead atoms. The number of carbonyl (C=O) groups excluding carboxylic acids is 1. The zero-order valence-electron chi connectivity index (χ0n) is 13.4. The Bertz CT molecular complexity index is 827. The van der Waals surface area contributed by atoms with Crippen molar-refractivity contribution < 1.29 is 24.2 Å². The molecule has 0 saturated heterocycles. The molecule has 1 amide bonds. The third-order valence-corrected chi connectivity index (χ3v) is 4.40. The number of carboxylic acid groups (broad SMARTS) is 1. The minimum atomic E-state index is -0.979. The van der Waals surface area contributed by atoms with Crippen molar-refractivity contribution in [3.63, 3.8) is 0 Å². The number of nitrogens with zero attached hydrogens (tertiary/aromatic N) is 2. The van der Waals surface area contributed by atoms with Gasteiger partial charge in [0.1, 0.15) is 5.75 Å². The number of phenolic OH excluding ortho intramolecular Hbond substituents is 1. The Morgan fingerprint density at radius 3 is 2.50 bits per heavy atom. The van der Waals surface area contributed by atoms with E-state index >= 15 is 0 Å². The van der Waals surface area contributed by atoms with Crippen molar-refractivity contribution in [2.24, 2.45) is 17.3 Å². The first-order chi connectivity index (χ1) is 11.2. The minimum absolute atomic E-state index is 0.0631. The van der Waals surface area contributed by atoms with Crippen LogP contribution < -0.4 is 5.32 Å². The fourth-order valence-corrected chi connectivity index (χ4v) is 3.00. The Labute approximate surface area is 137 Å². The van der Waals surface area contributed by atoms with Crippen LogP contribution in [0.3, 0.4) is 0 Å². The van der Waals surface area contributed by atoms with Gasteiger partial charge in [-0.25, -0.2) is 0 Å². The molecule has 24 heavy (non-hydrogen) atoms. The van der Waals surface area contributed by atoms with Crippen molar-refractivity contribution in [2.45, 2.75) is 20.8 Å². The van der Waals surface area contributed by atoms with Crippen LogP contribution in [0.15, 0.2) is 22.6 Å². The largest absolute Gasteiger partial charge is 0.507 e. The van der Waals surface area contributed by atoms with Gasteiger partial charge in [0.25, 0.3) is 5.89 Å². The molecule has 0 aliphatic heterocycles. The minimum Gasteiger partial charge on any atom is -0.507 e. The van der Waals surface area contributed by atoms with Crippen molar-refractivity contribution >= 4 is 17.6 Å². The van der Waals surface area contributed by atoms with E-state index in [9.17, 15) is 14.7 Å². The van der Waals surface area contributed by atoms with Crippen LogP contribution in [-0.4, -0.2) is 32.3 Å². The van der Waals surface area contributed by atoms with E-state index in [4.69, 9.17) is 9.52 Å². The third kappa shape index (κ3) is 2.60. The number of aryl methyl sites for hydroxylation is 1. The van der Waals surface area contributed by atoms with Gasteiger partial charge in [0.15, 0.2) is 0 Å². The van der Waals surface area contributed by atoms with Crippen molar-refractivity contribution in [1.29, 1.82) is 0 Å². The average Bonchev–Trinajstić information content (AvgIpc) is 2.84. The lowest BCUT2D eigenvalue weighted by Gasteiger charge is -2.08. The number of hydrogen-bond acceptors (Lipinski definition) is 6. The van der Waals surface area contributed by atoms with E-state index in [2.05, 4.69) is 15.5 Å². The van der Waals surface area contributed by atoms with E-state index in [1.807, 2.05) is 0 Å². The van der Waals surface area contributed by atoms with Gasteiger partial charge in [-0.05, 0) is 23.6 Å². The highest BCUT2D eigenvalue weighted by Crippen LogP contribution is 2.58. The van der Waals surface area contributed by atoms with E-state index in [0.717, 1.165) is 0 Å². The van der Waals surface area contributed by atoms with Crippen molar-refractivity contribution in [3.8, 4) is 17.2 Å². The zero-order chi connectivity index (χ0) is 17.6. The van der Waals surface area contributed by atoms with E-state index in [-0.39, 0.29) is 17.5 Å². The number of aromatic hydroxyl groups is 1. The Morgan fingerprint density at radius 2 is 1.96 bits per heavy atom. The first kappa shape index (κ1) is 16.0. The lowest BCUT2D eigenvalue weighted by molar-refractivity contribution is -0.140. The number of rotatable bonds is 4. The van der Waals surface area contributed by atoms with Crippen LogP contribution in [0, 0.1) is 24.2 Å². The number of hydrogen-bond donors (Lipinski definition) is 3. The highest BCUT2D eigenvalue weighted by atomic mass is 16.4. The first-order valence-corrected chi connectivity index (χ1v) is 7.39. The molecule has 2 unspecified atom stereocenters. The summed E-state index contributed by atoms with van der Waals surface area (Å²) in [7, 11) is 0. The molecule has 1 aliphatic rings. The number of anilines is 1. The standard InChI is InChI=1S/C16H17N3O5/c1-7-18-19-14(24-7)9-6-8(4-5-10(9)20)17-13(21)11-12(15(22)23)16(11,2)3/h4-6,11-12,20H,1-3H3,(H,17,21)(H,22,23). The van der Waals surface area contributed by atoms with E-state index in [1.165, 1.54) is 18.2 Å². The van der Waals surface area contributed by atoms with Gasteiger partial charge in [-0.2, -0.15) is 0 Å². The normalized spacial score (nSPS) is 21.3. The maximum Gasteiger partial charge on any atom is 0.307 e. The van der Waals surface area contributed by atoms with Crippen LogP contribution in [0.4, 0.5) is 5.69 Å². The quantitative estimate of drug-likeness (QED) is 0.732. The second-order valence-electron chi connectivity index (χ2n) is 6.46. The van der Waals surface area contributed by atoms with Gasteiger partial charge in [-0.1, -0.05) is 13.8 Å². The second kappa shape index (κ2) is 5.33. The van der Waals surface area contributed by atoms with Gasteiger partial charge in [0.05, 0.1) is 17.4 Å². The number of nitrogens with one attached hydrogen (secondary N) is 1. The van der Waals surface area contributed by atoms with Crippen LogP contribution in [-0.2, 0) is 9.59 Å². The van der Waals surface area contributed by atoms with Gasteiger partial charge in [0.2, 0.25) is 11.8 Å². The summed E-state index contributed by atoms with van der Waals surface area (Å²) >= 11 is 0. The van der Waals surface area contributed by atoms with Crippen LogP contribution >= 0.6 is 0 Å². The van der Waals surface area contributed by atoms with E-state index < -0.39 is 23.2 Å². The smallest absolute Gasteiger partial charge is 0.307 e. The summed E-state index contributed by atoms with van der Waals surface area (Å²) in [6.07, 6.45) is 0. The highest BCUT2D eigenvalue weighted by Gasteiger charge is 2.65. The third-order valence-electron chi connectivity index (χ3n) is 4.40. The van der Waals surface area contributed by atoms with Crippen molar-refractivity contribution in [3.05, 3.63) is 24.1 Å². The maximum absolute atomic E-state index is 12.4. The number of amides is 1. The lowest BCUT2D eigenvalue weighted by Crippen LogP contribution is -2.17. The number of aliphatic carboxylic acids is 1. The Hall–Kier alpha value is -2.90. The zero-order valence-corrected chi connectivity index (χ0v) is 13.4. The Balaban J connectivity index is 1.82. The highest BCUT2D eigenvalue weighted by molar-refractivity contribution is 6.00. The molecule has 2 aromatic rings. The summed E-state index contributed by atoms with van der Waals surface area (Å²) in [6.45, 7) is 5.12.